The first kappa shape index (κ1) is 23.3. The van der Waals surface area contributed by atoms with E-state index in [1.807, 2.05) is 0 Å². The van der Waals surface area contributed by atoms with Gasteiger partial charge >= 0.3 is 5.97 Å². The smallest absolute Gasteiger partial charge is 0.339 e. The van der Waals surface area contributed by atoms with Gasteiger partial charge in [0.2, 0.25) is 0 Å². The molecular weight excluding hydrogens is 340 g/mol. The summed E-state index contributed by atoms with van der Waals surface area (Å²) < 4.78 is 11.5. The van der Waals surface area contributed by atoms with Gasteiger partial charge in [0.15, 0.2) is 0 Å². The predicted octanol–water partition coefficient (Wildman–Crippen LogP) is 6.86. The maximum atomic E-state index is 11.4. The lowest BCUT2D eigenvalue weighted by molar-refractivity contribution is 0.0692. The van der Waals surface area contributed by atoms with Gasteiger partial charge in [-0.15, -0.1) is 0 Å². The maximum absolute atomic E-state index is 11.4. The number of hydrogen-bond acceptors (Lipinski definition) is 3. The van der Waals surface area contributed by atoms with Crippen LogP contribution in [0.4, 0.5) is 0 Å². The molecule has 0 aliphatic rings. The lowest BCUT2D eigenvalue weighted by Crippen LogP contribution is -2.06. The largest absolute Gasteiger partial charge is 0.493 e. The van der Waals surface area contributed by atoms with Gasteiger partial charge in [0.05, 0.1) is 13.2 Å². The van der Waals surface area contributed by atoms with Crippen molar-refractivity contribution in [2.45, 2.75) is 90.9 Å². The second kappa shape index (κ2) is 15.4. The van der Waals surface area contributed by atoms with Gasteiger partial charge in [-0.25, -0.2) is 4.79 Å². The Morgan fingerprint density at radius 2 is 1.30 bits per heavy atom. The molecule has 1 N–H and O–H groups in total. The van der Waals surface area contributed by atoms with Crippen LogP contribution < -0.4 is 9.47 Å². The first-order chi connectivity index (χ1) is 13.2. The standard InChI is InChI=1S/C23H38O4/c1-3-5-7-9-10-11-12-14-17-26-20-15-16-21(23(24)25)22(19-20)27-18-13-8-6-4-2/h15-16,19H,3-14,17-18H2,1-2H3,(H,24,25). The summed E-state index contributed by atoms with van der Waals surface area (Å²) in [6.45, 7) is 5.61. The molecule has 0 fully saturated rings. The molecule has 0 heterocycles. The van der Waals surface area contributed by atoms with Crippen LogP contribution in [0.1, 0.15) is 101 Å². The van der Waals surface area contributed by atoms with Crippen molar-refractivity contribution in [3.05, 3.63) is 23.8 Å². The number of hydrogen-bond donors (Lipinski definition) is 1. The van der Waals surface area contributed by atoms with Crippen LogP contribution in [0.5, 0.6) is 11.5 Å². The molecule has 0 aliphatic heterocycles. The molecule has 0 saturated carbocycles. The van der Waals surface area contributed by atoms with Crippen molar-refractivity contribution in [1.29, 1.82) is 0 Å². The fourth-order valence-corrected chi connectivity index (χ4v) is 3.03. The Bertz CT molecular complexity index is 513. The first-order valence-electron chi connectivity index (χ1n) is 10.8. The Hall–Kier alpha value is -1.71. The molecule has 0 unspecified atom stereocenters. The molecule has 4 heteroatoms. The molecule has 1 rings (SSSR count). The number of ether oxygens (including phenoxy) is 2. The number of carboxylic acids is 1. The monoisotopic (exact) mass is 378 g/mol. The highest BCUT2D eigenvalue weighted by Crippen LogP contribution is 2.26. The lowest BCUT2D eigenvalue weighted by Gasteiger charge is -2.12. The molecule has 1 aromatic rings. The second-order valence-electron chi connectivity index (χ2n) is 7.20. The molecule has 0 spiro atoms. The Labute approximate surface area is 165 Å². The van der Waals surface area contributed by atoms with Gasteiger partial charge in [0, 0.05) is 6.07 Å². The first-order valence-corrected chi connectivity index (χ1v) is 10.8. The Kier molecular flexibility index (Phi) is 13.3. The highest BCUT2D eigenvalue weighted by Gasteiger charge is 2.12. The van der Waals surface area contributed by atoms with Crippen LogP contribution >= 0.6 is 0 Å². The van der Waals surface area contributed by atoms with E-state index in [2.05, 4.69) is 13.8 Å². The minimum absolute atomic E-state index is 0.199. The van der Waals surface area contributed by atoms with E-state index < -0.39 is 5.97 Å². The summed E-state index contributed by atoms with van der Waals surface area (Å²) in [5.41, 5.74) is 0.199. The number of unbranched alkanes of at least 4 members (excludes halogenated alkanes) is 10. The number of rotatable bonds is 17. The van der Waals surface area contributed by atoms with Crippen molar-refractivity contribution < 1.29 is 19.4 Å². The topological polar surface area (TPSA) is 55.8 Å². The fraction of sp³-hybridized carbons (Fsp3) is 0.696. The number of carbonyl (C=O) groups is 1. The van der Waals surface area contributed by atoms with Crippen molar-refractivity contribution >= 4 is 5.97 Å². The molecule has 0 atom stereocenters. The van der Waals surface area contributed by atoms with Crippen LogP contribution in [0.15, 0.2) is 18.2 Å². The highest BCUT2D eigenvalue weighted by molar-refractivity contribution is 5.91. The van der Waals surface area contributed by atoms with Crippen LogP contribution in [0, 0.1) is 0 Å². The minimum Gasteiger partial charge on any atom is -0.493 e. The zero-order valence-electron chi connectivity index (χ0n) is 17.3. The van der Waals surface area contributed by atoms with Gasteiger partial charge in [-0.3, -0.25) is 0 Å². The van der Waals surface area contributed by atoms with E-state index >= 15 is 0 Å². The molecular formula is C23H38O4. The highest BCUT2D eigenvalue weighted by atomic mass is 16.5. The maximum Gasteiger partial charge on any atom is 0.339 e. The van der Waals surface area contributed by atoms with Crippen molar-refractivity contribution in [3.8, 4) is 11.5 Å². The van der Waals surface area contributed by atoms with Crippen LogP contribution in [0.25, 0.3) is 0 Å². The Morgan fingerprint density at radius 1 is 0.778 bits per heavy atom. The molecule has 4 nitrogen and oxygen atoms in total. The summed E-state index contributed by atoms with van der Waals surface area (Å²) in [5.74, 6) is 0.132. The lowest BCUT2D eigenvalue weighted by atomic mass is 10.1. The third-order valence-corrected chi connectivity index (χ3v) is 4.71. The summed E-state index contributed by atoms with van der Waals surface area (Å²) in [5, 5.41) is 9.33. The predicted molar refractivity (Wildman–Crippen MR) is 111 cm³/mol. The second-order valence-corrected chi connectivity index (χ2v) is 7.20. The quantitative estimate of drug-likeness (QED) is 0.301. The van der Waals surface area contributed by atoms with Gasteiger partial charge in [-0.2, -0.15) is 0 Å². The summed E-state index contributed by atoms with van der Waals surface area (Å²) in [4.78, 5) is 11.4. The molecule has 0 bridgehead atoms. The minimum atomic E-state index is -0.965. The fourth-order valence-electron chi connectivity index (χ4n) is 3.03. The number of carboxylic acid groups (broad SMARTS) is 1. The third-order valence-electron chi connectivity index (χ3n) is 4.71. The average molecular weight is 379 g/mol. The SMILES string of the molecule is CCCCCCCCCCOc1ccc(C(=O)O)c(OCCCCCC)c1. The van der Waals surface area contributed by atoms with Gasteiger partial charge < -0.3 is 14.6 Å². The van der Waals surface area contributed by atoms with Gasteiger partial charge in [0.25, 0.3) is 0 Å². The molecule has 27 heavy (non-hydrogen) atoms. The van der Waals surface area contributed by atoms with Crippen LogP contribution in [0.3, 0.4) is 0 Å². The normalized spacial score (nSPS) is 10.7. The molecule has 0 radical (unpaired) electrons. The number of aromatic carboxylic acids is 1. The summed E-state index contributed by atoms with van der Waals surface area (Å²) in [6, 6.07) is 5.01. The number of benzene rings is 1. The molecule has 1 aromatic carbocycles. The Morgan fingerprint density at radius 3 is 1.89 bits per heavy atom. The van der Waals surface area contributed by atoms with Gasteiger partial charge in [-0.1, -0.05) is 78.1 Å². The summed E-state index contributed by atoms with van der Waals surface area (Å²) >= 11 is 0. The van der Waals surface area contributed by atoms with Crippen molar-refractivity contribution in [2.24, 2.45) is 0 Å². The van der Waals surface area contributed by atoms with E-state index in [0.29, 0.717) is 24.7 Å². The van der Waals surface area contributed by atoms with E-state index in [-0.39, 0.29) is 5.56 Å². The zero-order valence-corrected chi connectivity index (χ0v) is 17.3. The van der Waals surface area contributed by atoms with Crippen LogP contribution in [-0.4, -0.2) is 24.3 Å². The van der Waals surface area contributed by atoms with Gasteiger partial charge in [0.1, 0.15) is 17.1 Å². The Balaban J connectivity index is 2.33. The average Bonchev–Trinajstić information content (AvgIpc) is 2.66. The molecule has 0 aromatic heterocycles. The van der Waals surface area contributed by atoms with E-state index in [0.717, 1.165) is 19.3 Å². The molecule has 0 amide bonds. The summed E-state index contributed by atoms with van der Waals surface area (Å²) in [6.07, 6.45) is 14.5. The van der Waals surface area contributed by atoms with E-state index in [9.17, 15) is 9.90 Å². The van der Waals surface area contributed by atoms with E-state index in [4.69, 9.17) is 9.47 Å². The van der Waals surface area contributed by atoms with Crippen molar-refractivity contribution in [1.82, 2.24) is 0 Å². The molecule has 0 aliphatic carbocycles. The zero-order chi connectivity index (χ0) is 19.7. The van der Waals surface area contributed by atoms with Crippen molar-refractivity contribution in [2.75, 3.05) is 13.2 Å². The third kappa shape index (κ3) is 10.9. The van der Waals surface area contributed by atoms with E-state index in [1.54, 1.807) is 18.2 Å². The van der Waals surface area contributed by atoms with Crippen LogP contribution in [-0.2, 0) is 0 Å². The van der Waals surface area contributed by atoms with Crippen LogP contribution in [0.2, 0.25) is 0 Å². The molecule has 154 valence electrons. The summed E-state index contributed by atoms with van der Waals surface area (Å²) in [7, 11) is 0. The van der Waals surface area contributed by atoms with E-state index in [1.165, 1.54) is 57.8 Å². The molecule has 0 saturated heterocycles. The van der Waals surface area contributed by atoms with Gasteiger partial charge in [-0.05, 0) is 25.0 Å². The van der Waals surface area contributed by atoms with Crippen molar-refractivity contribution in [3.63, 3.8) is 0 Å².